The molecule has 2 atom stereocenters. The Kier molecular flexibility index (Phi) is 5.22. The molecule has 2 unspecified atom stereocenters. The highest BCUT2D eigenvalue weighted by Crippen LogP contribution is 2.40. The molecule has 0 radical (unpaired) electrons. The van der Waals surface area contributed by atoms with Gasteiger partial charge in [0.25, 0.3) is 0 Å². The van der Waals surface area contributed by atoms with Crippen LogP contribution in [0.25, 0.3) is 0 Å². The van der Waals surface area contributed by atoms with E-state index in [-0.39, 0.29) is 0 Å². The maximum atomic E-state index is 5.85. The van der Waals surface area contributed by atoms with Gasteiger partial charge in [0, 0.05) is 7.11 Å². The van der Waals surface area contributed by atoms with Crippen LogP contribution in [0.4, 0.5) is 0 Å². The number of rotatable bonds is 7. The van der Waals surface area contributed by atoms with E-state index in [1.54, 1.807) is 0 Å². The predicted molar refractivity (Wildman–Crippen MR) is 85.2 cm³/mol. The molecule has 1 saturated carbocycles. The van der Waals surface area contributed by atoms with Crippen molar-refractivity contribution in [3.8, 4) is 0 Å². The van der Waals surface area contributed by atoms with Crippen molar-refractivity contribution < 1.29 is 4.74 Å². The summed E-state index contributed by atoms with van der Waals surface area (Å²) in [6.07, 6.45) is 4.09. The van der Waals surface area contributed by atoms with Gasteiger partial charge in [0.15, 0.2) is 0 Å². The molecule has 1 N–H and O–H groups in total. The van der Waals surface area contributed by atoms with Gasteiger partial charge in [-0.25, -0.2) is 0 Å². The molecule has 2 nitrogen and oxygen atoms in total. The average Bonchev–Trinajstić information content (AvgIpc) is 3.23. The van der Waals surface area contributed by atoms with E-state index < -0.39 is 0 Å². The molecule has 1 aliphatic carbocycles. The van der Waals surface area contributed by atoms with E-state index in [1.807, 2.05) is 7.11 Å². The van der Waals surface area contributed by atoms with Crippen LogP contribution in [0, 0.1) is 26.7 Å². The van der Waals surface area contributed by atoms with Crippen LogP contribution in [0.1, 0.15) is 54.5 Å². The zero-order chi connectivity index (χ0) is 14.7. The molecular weight excluding hydrogens is 246 g/mol. The third-order valence-electron chi connectivity index (χ3n) is 4.52. The summed E-state index contributed by atoms with van der Waals surface area (Å²) in [5.74, 6) is 0.732. The van der Waals surface area contributed by atoms with Gasteiger partial charge in [-0.2, -0.15) is 0 Å². The highest BCUT2D eigenvalue weighted by Gasteiger charge is 2.37. The van der Waals surface area contributed by atoms with Crippen LogP contribution in [0.2, 0.25) is 0 Å². The van der Waals surface area contributed by atoms with Crippen LogP contribution in [0.5, 0.6) is 0 Å². The van der Waals surface area contributed by atoms with Gasteiger partial charge in [-0.15, -0.1) is 0 Å². The Morgan fingerprint density at radius 2 is 1.80 bits per heavy atom. The standard InChI is InChI=1S/C18H29NO/c1-6-9-19-17(18(20-5)15-7-8-15)16-11-13(3)12(2)10-14(16)4/h10-11,15,17-19H,6-9H2,1-5H3. The number of hydrogen-bond donors (Lipinski definition) is 1. The van der Waals surface area contributed by atoms with Crippen molar-refractivity contribution in [3.05, 3.63) is 34.4 Å². The van der Waals surface area contributed by atoms with Crippen LogP contribution >= 0.6 is 0 Å². The number of hydrogen-bond acceptors (Lipinski definition) is 2. The van der Waals surface area contributed by atoms with Crippen molar-refractivity contribution in [2.24, 2.45) is 5.92 Å². The molecule has 0 spiro atoms. The van der Waals surface area contributed by atoms with Crippen molar-refractivity contribution in [1.82, 2.24) is 5.32 Å². The average molecular weight is 275 g/mol. The summed E-state index contributed by atoms with van der Waals surface area (Å²) in [4.78, 5) is 0. The van der Waals surface area contributed by atoms with Crippen LogP contribution < -0.4 is 5.32 Å². The second kappa shape index (κ2) is 6.73. The Balaban J connectivity index is 2.31. The molecule has 1 aromatic rings. The first-order valence-electron chi connectivity index (χ1n) is 7.92. The Labute approximate surface area is 123 Å². The normalized spacial score (nSPS) is 18.1. The molecule has 1 aromatic carbocycles. The van der Waals surface area contributed by atoms with Crippen molar-refractivity contribution in [1.29, 1.82) is 0 Å². The number of ether oxygens (including phenoxy) is 1. The number of benzene rings is 1. The summed E-state index contributed by atoms with van der Waals surface area (Å²) in [5, 5.41) is 3.72. The molecule has 0 aliphatic heterocycles. The third-order valence-corrected chi connectivity index (χ3v) is 4.52. The fourth-order valence-electron chi connectivity index (χ4n) is 3.05. The molecule has 1 fully saturated rings. The van der Waals surface area contributed by atoms with E-state index in [1.165, 1.54) is 35.1 Å². The first-order chi connectivity index (χ1) is 9.58. The lowest BCUT2D eigenvalue weighted by atomic mass is 9.91. The van der Waals surface area contributed by atoms with E-state index in [9.17, 15) is 0 Å². The molecule has 0 bridgehead atoms. The quantitative estimate of drug-likeness (QED) is 0.809. The highest BCUT2D eigenvalue weighted by molar-refractivity contribution is 5.39. The molecule has 2 heteroatoms. The van der Waals surface area contributed by atoms with Gasteiger partial charge in [0.05, 0.1) is 12.1 Å². The Bertz CT molecular complexity index is 451. The van der Waals surface area contributed by atoms with Gasteiger partial charge in [0.1, 0.15) is 0 Å². The summed E-state index contributed by atoms with van der Waals surface area (Å²) >= 11 is 0. The fraction of sp³-hybridized carbons (Fsp3) is 0.667. The molecule has 1 aliphatic rings. The van der Waals surface area contributed by atoms with Crippen molar-refractivity contribution in [3.63, 3.8) is 0 Å². The summed E-state index contributed by atoms with van der Waals surface area (Å²) < 4.78 is 5.85. The molecule has 0 amide bonds. The summed E-state index contributed by atoms with van der Waals surface area (Å²) in [6.45, 7) is 9.88. The van der Waals surface area contributed by atoms with E-state index in [0.29, 0.717) is 12.1 Å². The minimum atomic E-state index is 0.308. The lowest BCUT2D eigenvalue weighted by Gasteiger charge is -2.29. The monoisotopic (exact) mass is 275 g/mol. The minimum absolute atomic E-state index is 0.308. The number of methoxy groups -OCH3 is 1. The highest BCUT2D eigenvalue weighted by atomic mass is 16.5. The molecule has 2 rings (SSSR count). The first-order valence-corrected chi connectivity index (χ1v) is 7.92. The summed E-state index contributed by atoms with van der Waals surface area (Å²) in [5.41, 5.74) is 5.55. The molecular formula is C18H29NO. The van der Waals surface area contributed by atoms with Gasteiger partial charge < -0.3 is 10.1 Å². The van der Waals surface area contributed by atoms with Gasteiger partial charge in [-0.1, -0.05) is 19.1 Å². The van der Waals surface area contributed by atoms with Gasteiger partial charge in [-0.05, 0) is 74.8 Å². The largest absolute Gasteiger partial charge is 0.379 e. The van der Waals surface area contributed by atoms with Crippen molar-refractivity contribution >= 4 is 0 Å². The van der Waals surface area contributed by atoms with Crippen LogP contribution in [-0.4, -0.2) is 19.8 Å². The Morgan fingerprint density at radius 1 is 1.15 bits per heavy atom. The van der Waals surface area contributed by atoms with Crippen LogP contribution in [0.3, 0.4) is 0 Å². The van der Waals surface area contributed by atoms with Gasteiger partial charge in [-0.3, -0.25) is 0 Å². The lowest BCUT2D eigenvalue weighted by molar-refractivity contribution is 0.0505. The van der Waals surface area contributed by atoms with E-state index in [4.69, 9.17) is 4.74 Å². The van der Waals surface area contributed by atoms with Gasteiger partial charge >= 0.3 is 0 Å². The van der Waals surface area contributed by atoms with Crippen molar-refractivity contribution in [2.75, 3.05) is 13.7 Å². The summed E-state index contributed by atoms with van der Waals surface area (Å²) in [6, 6.07) is 4.99. The van der Waals surface area contributed by atoms with E-state index in [2.05, 4.69) is 45.1 Å². The molecule has 112 valence electrons. The SMILES string of the molecule is CCCNC(c1cc(C)c(C)cc1C)C(OC)C1CC1. The Hall–Kier alpha value is -0.860. The van der Waals surface area contributed by atoms with Crippen LogP contribution in [-0.2, 0) is 4.74 Å². The molecule has 0 saturated heterocycles. The maximum absolute atomic E-state index is 5.85. The molecule has 0 aromatic heterocycles. The smallest absolute Gasteiger partial charge is 0.0794 e. The van der Waals surface area contributed by atoms with E-state index >= 15 is 0 Å². The molecule has 20 heavy (non-hydrogen) atoms. The van der Waals surface area contributed by atoms with Crippen LogP contribution in [0.15, 0.2) is 12.1 Å². The fourth-order valence-corrected chi connectivity index (χ4v) is 3.05. The number of nitrogens with one attached hydrogen (secondary N) is 1. The topological polar surface area (TPSA) is 21.3 Å². The Morgan fingerprint density at radius 3 is 2.35 bits per heavy atom. The third kappa shape index (κ3) is 3.42. The lowest BCUT2D eigenvalue weighted by Crippen LogP contribution is -2.35. The van der Waals surface area contributed by atoms with E-state index in [0.717, 1.165) is 18.9 Å². The predicted octanol–water partition coefficient (Wildman–Crippen LogP) is 4.08. The zero-order valence-electron chi connectivity index (χ0n) is 13.6. The second-order valence-electron chi connectivity index (χ2n) is 6.26. The van der Waals surface area contributed by atoms with Gasteiger partial charge in [0.2, 0.25) is 0 Å². The van der Waals surface area contributed by atoms with Crippen molar-refractivity contribution in [2.45, 2.75) is 59.1 Å². The number of aryl methyl sites for hydroxylation is 3. The second-order valence-corrected chi connectivity index (χ2v) is 6.26. The summed E-state index contributed by atoms with van der Waals surface area (Å²) in [7, 11) is 1.86. The maximum Gasteiger partial charge on any atom is 0.0794 e. The minimum Gasteiger partial charge on any atom is -0.379 e. The molecule has 0 heterocycles. The first kappa shape index (κ1) is 15.5. The zero-order valence-corrected chi connectivity index (χ0v) is 13.6.